The Balaban J connectivity index is 2.08. The number of hydrogen-bond donors (Lipinski definition) is 0. The van der Waals surface area contributed by atoms with Crippen molar-refractivity contribution >= 4 is 12.6 Å². The van der Waals surface area contributed by atoms with Gasteiger partial charge in [0, 0.05) is 0 Å². The van der Waals surface area contributed by atoms with E-state index in [9.17, 15) is 13.2 Å². The van der Waals surface area contributed by atoms with Crippen LogP contribution in [0.4, 0.5) is 13.2 Å². The summed E-state index contributed by atoms with van der Waals surface area (Å²) in [5, 5.41) is 0. The zero-order valence-corrected chi connectivity index (χ0v) is 15.6. The third-order valence-electron chi connectivity index (χ3n) is 5.19. The first-order chi connectivity index (χ1) is 11.9. The first-order valence-corrected chi connectivity index (χ1v) is 8.54. The van der Waals surface area contributed by atoms with Gasteiger partial charge in [-0.2, -0.15) is 13.2 Å². The quantitative estimate of drug-likeness (QED) is 0.702. The molecule has 26 heavy (non-hydrogen) atoms. The third-order valence-corrected chi connectivity index (χ3v) is 5.19. The molecule has 2 aromatic rings. The maximum Gasteiger partial charge on any atom is 0.494 e. The van der Waals surface area contributed by atoms with E-state index in [-0.39, 0.29) is 0 Å². The van der Waals surface area contributed by atoms with Crippen molar-refractivity contribution in [2.24, 2.45) is 0 Å². The summed E-state index contributed by atoms with van der Waals surface area (Å²) in [5.74, 6) is 0. The lowest BCUT2D eigenvalue weighted by Gasteiger charge is -2.32. The van der Waals surface area contributed by atoms with Gasteiger partial charge >= 0.3 is 13.3 Å². The number of alkyl halides is 3. The predicted molar refractivity (Wildman–Crippen MR) is 97.3 cm³/mol. The zero-order valence-electron chi connectivity index (χ0n) is 15.6. The van der Waals surface area contributed by atoms with Gasteiger partial charge in [-0.25, -0.2) is 0 Å². The summed E-state index contributed by atoms with van der Waals surface area (Å²) in [4.78, 5) is 0. The Bertz CT molecular complexity index is 795. The summed E-state index contributed by atoms with van der Waals surface area (Å²) < 4.78 is 52.2. The molecule has 1 fully saturated rings. The van der Waals surface area contributed by atoms with Crippen LogP contribution in [0.15, 0.2) is 42.5 Å². The molecule has 0 spiro atoms. The van der Waals surface area contributed by atoms with Crippen molar-refractivity contribution in [1.82, 2.24) is 0 Å². The molecule has 6 heteroatoms. The maximum absolute atomic E-state index is 13.4. The minimum Gasteiger partial charge on any atom is -0.399 e. The molecule has 138 valence electrons. The second-order valence-electron chi connectivity index (χ2n) is 7.80. The summed E-state index contributed by atoms with van der Waals surface area (Å²) in [5.41, 5.74) is 0.691. The first kappa shape index (κ1) is 19.0. The Labute approximate surface area is 152 Å². The molecule has 2 aromatic carbocycles. The van der Waals surface area contributed by atoms with Crippen LogP contribution in [0.3, 0.4) is 0 Å². The van der Waals surface area contributed by atoms with Gasteiger partial charge < -0.3 is 9.31 Å². The Morgan fingerprint density at radius 3 is 1.85 bits per heavy atom. The number of hydrogen-bond acceptors (Lipinski definition) is 2. The maximum atomic E-state index is 13.4. The van der Waals surface area contributed by atoms with E-state index in [4.69, 9.17) is 9.31 Å². The van der Waals surface area contributed by atoms with Crippen molar-refractivity contribution in [1.29, 1.82) is 0 Å². The lowest BCUT2D eigenvalue weighted by atomic mass is 9.77. The zero-order chi connectivity index (χ0) is 19.3. The molecular weight excluding hydrogens is 340 g/mol. The highest BCUT2D eigenvalue weighted by Gasteiger charge is 2.52. The smallest absolute Gasteiger partial charge is 0.399 e. The summed E-state index contributed by atoms with van der Waals surface area (Å²) in [6.45, 7) is 9.44. The molecule has 0 atom stereocenters. The SMILES string of the molecule is Cc1ccc(-c2cc(B3OC(C)(C)C(C)(C)O3)cc(C(F)(F)F)c2)cc1. The van der Waals surface area contributed by atoms with E-state index in [0.29, 0.717) is 11.0 Å². The molecule has 0 aromatic heterocycles. The Morgan fingerprint density at radius 2 is 1.35 bits per heavy atom. The standard InChI is InChI=1S/C20H22BF3O2/c1-13-6-8-14(9-7-13)15-10-16(20(22,23)24)12-17(11-15)21-25-18(2,3)19(4,5)26-21/h6-12H,1-5H3. The minimum atomic E-state index is -4.45. The average molecular weight is 362 g/mol. The van der Waals surface area contributed by atoms with Crippen LogP contribution in [-0.4, -0.2) is 18.3 Å². The largest absolute Gasteiger partial charge is 0.494 e. The second-order valence-corrected chi connectivity index (χ2v) is 7.80. The molecular formula is C20H22BF3O2. The van der Waals surface area contributed by atoms with Crippen molar-refractivity contribution in [3.05, 3.63) is 53.6 Å². The van der Waals surface area contributed by atoms with Gasteiger partial charge in [0.25, 0.3) is 0 Å². The Hall–Kier alpha value is -1.79. The van der Waals surface area contributed by atoms with Crippen molar-refractivity contribution in [2.45, 2.75) is 52.0 Å². The van der Waals surface area contributed by atoms with Gasteiger partial charge in [-0.15, -0.1) is 0 Å². The fourth-order valence-electron chi connectivity index (χ4n) is 2.84. The summed E-state index contributed by atoms with van der Waals surface area (Å²) in [6, 6.07) is 11.4. The van der Waals surface area contributed by atoms with Gasteiger partial charge in [-0.1, -0.05) is 42.0 Å². The fourth-order valence-corrected chi connectivity index (χ4v) is 2.84. The highest BCUT2D eigenvalue weighted by molar-refractivity contribution is 6.62. The lowest BCUT2D eigenvalue weighted by molar-refractivity contribution is -0.137. The number of rotatable bonds is 2. The van der Waals surface area contributed by atoms with E-state index < -0.39 is 30.1 Å². The summed E-state index contributed by atoms with van der Waals surface area (Å²) >= 11 is 0. The van der Waals surface area contributed by atoms with E-state index in [1.54, 1.807) is 6.07 Å². The van der Waals surface area contributed by atoms with Crippen molar-refractivity contribution in [3.8, 4) is 11.1 Å². The van der Waals surface area contributed by atoms with Crippen LogP contribution in [0.1, 0.15) is 38.8 Å². The molecule has 0 unspecified atom stereocenters. The van der Waals surface area contributed by atoms with E-state index >= 15 is 0 Å². The second kappa shape index (κ2) is 6.13. The molecule has 0 saturated carbocycles. The van der Waals surface area contributed by atoms with Gasteiger partial charge in [0.2, 0.25) is 0 Å². The monoisotopic (exact) mass is 362 g/mol. The van der Waals surface area contributed by atoms with E-state index in [2.05, 4.69) is 0 Å². The summed E-state index contributed by atoms with van der Waals surface area (Å²) in [7, 11) is -0.841. The normalized spacial score (nSPS) is 19.0. The van der Waals surface area contributed by atoms with Gasteiger partial charge in [-0.05, 0) is 57.3 Å². The predicted octanol–water partition coefficient (Wildman–Crippen LogP) is 4.98. The Kier molecular flexibility index (Phi) is 4.48. The van der Waals surface area contributed by atoms with Crippen molar-refractivity contribution in [3.63, 3.8) is 0 Å². The topological polar surface area (TPSA) is 18.5 Å². The highest BCUT2D eigenvalue weighted by atomic mass is 19.4. The molecule has 3 rings (SSSR count). The van der Waals surface area contributed by atoms with Crippen LogP contribution in [0, 0.1) is 6.92 Å². The van der Waals surface area contributed by atoms with E-state index in [1.807, 2.05) is 58.9 Å². The van der Waals surface area contributed by atoms with Crippen molar-refractivity contribution in [2.75, 3.05) is 0 Å². The van der Waals surface area contributed by atoms with Crippen LogP contribution in [0.5, 0.6) is 0 Å². The average Bonchev–Trinajstić information content (AvgIpc) is 2.75. The molecule has 0 bridgehead atoms. The first-order valence-electron chi connectivity index (χ1n) is 8.54. The molecule has 0 radical (unpaired) electrons. The van der Waals surface area contributed by atoms with Crippen LogP contribution in [0.25, 0.3) is 11.1 Å². The van der Waals surface area contributed by atoms with Gasteiger partial charge in [0.15, 0.2) is 0 Å². The van der Waals surface area contributed by atoms with E-state index in [0.717, 1.165) is 17.2 Å². The number of benzene rings is 2. The van der Waals surface area contributed by atoms with Gasteiger partial charge in [0.1, 0.15) is 0 Å². The highest BCUT2D eigenvalue weighted by Crippen LogP contribution is 2.38. The molecule has 1 saturated heterocycles. The van der Waals surface area contributed by atoms with Crippen LogP contribution in [0.2, 0.25) is 0 Å². The minimum absolute atomic E-state index is 0.369. The molecule has 1 aliphatic heterocycles. The van der Waals surface area contributed by atoms with E-state index in [1.165, 1.54) is 6.07 Å². The molecule has 0 aliphatic carbocycles. The van der Waals surface area contributed by atoms with Gasteiger partial charge in [-0.3, -0.25) is 0 Å². The molecule has 1 aliphatic rings. The van der Waals surface area contributed by atoms with Crippen molar-refractivity contribution < 1.29 is 22.5 Å². The fraction of sp³-hybridized carbons (Fsp3) is 0.400. The Morgan fingerprint density at radius 1 is 0.808 bits per heavy atom. The molecule has 0 N–H and O–H groups in total. The molecule has 2 nitrogen and oxygen atoms in total. The van der Waals surface area contributed by atoms with Crippen LogP contribution >= 0.6 is 0 Å². The lowest BCUT2D eigenvalue weighted by Crippen LogP contribution is -2.41. The summed E-state index contributed by atoms with van der Waals surface area (Å²) in [6.07, 6.45) is -4.45. The number of aryl methyl sites for hydroxylation is 1. The van der Waals surface area contributed by atoms with Gasteiger partial charge in [0.05, 0.1) is 16.8 Å². The van der Waals surface area contributed by atoms with Crippen LogP contribution in [-0.2, 0) is 15.5 Å². The number of halogens is 3. The molecule has 0 amide bonds. The third kappa shape index (κ3) is 3.53. The van der Waals surface area contributed by atoms with Crippen LogP contribution < -0.4 is 5.46 Å². The molecule has 1 heterocycles.